The molecule has 2 aromatic rings. The minimum absolute atomic E-state index is 0.0389. The first-order chi connectivity index (χ1) is 14.1. The van der Waals surface area contributed by atoms with Gasteiger partial charge >= 0.3 is 24.2 Å². The predicted octanol–water partition coefficient (Wildman–Crippen LogP) is 6.47. The molecule has 0 radical (unpaired) electrons. The molecule has 172 valence electrons. The average molecular weight is 465 g/mol. The van der Waals surface area contributed by atoms with E-state index in [0.29, 0.717) is 24.3 Å². The summed E-state index contributed by atoms with van der Waals surface area (Å²) in [6.45, 7) is 0.00769. The summed E-state index contributed by atoms with van der Waals surface area (Å²) in [5, 5.41) is 2.73. The van der Waals surface area contributed by atoms with E-state index in [2.05, 4.69) is 5.32 Å². The lowest BCUT2D eigenvalue weighted by Gasteiger charge is -2.30. The van der Waals surface area contributed by atoms with Crippen LogP contribution in [0.2, 0.25) is 0 Å². The first-order valence-corrected chi connectivity index (χ1v) is 8.55. The van der Waals surface area contributed by atoms with Gasteiger partial charge in [-0.3, -0.25) is 0 Å². The van der Waals surface area contributed by atoms with E-state index in [1.807, 2.05) is 0 Å². The van der Waals surface area contributed by atoms with Crippen LogP contribution in [0.3, 0.4) is 0 Å². The molecule has 0 atom stereocenters. The minimum Gasteiger partial charge on any atom is -0.312 e. The zero-order valence-electron chi connectivity index (χ0n) is 15.3. The Kier molecular flexibility index (Phi) is 6.94. The molecule has 2 rings (SSSR count). The third kappa shape index (κ3) is 5.46. The van der Waals surface area contributed by atoms with E-state index < -0.39 is 41.1 Å². The zero-order valence-corrected chi connectivity index (χ0v) is 15.3. The number of nitrogens with one attached hydrogen (secondary N) is 1. The highest BCUT2D eigenvalue weighted by molar-refractivity contribution is 5.31. The fourth-order valence-corrected chi connectivity index (χ4v) is 2.75. The Bertz CT molecular complexity index is 866. The molecule has 2 aromatic carbocycles. The lowest BCUT2D eigenvalue weighted by Crippen LogP contribution is -2.50. The largest absolute Gasteiger partial charge is 0.435 e. The molecule has 0 spiro atoms. The normalized spacial score (nSPS) is 13.5. The zero-order chi connectivity index (χ0) is 23.7. The number of hydrogen-bond acceptors (Lipinski definition) is 1. The molecule has 0 bridgehead atoms. The van der Waals surface area contributed by atoms with E-state index in [1.165, 1.54) is 0 Å². The van der Waals surface area contributed by atoms with Gasteiger partial charge in [-0.1, -0.05) is 30.3 Å². The van der Waals surface area contributed by atoms with Crippen LogP contribution in [0.1, 0.15) is 22.3 Å². The molecular weight excluding hydrogens is 451 g/mol. The van der Waals surface area contributed by atoms with Crippen LogP contribution >= 0.6 is 0 Å². The predicted molar refractivity (Wildman–Crippen MR) is 88.2 cm³/mol. The first-order valence-electron chi connectivity index (χ1n) is 8.55. The molecule has 0 fully saturated rings. The fraction of sp³-hybridized carbons (Fsp3) is 0.368. The quantitative estimate of drug-likeness (QED) is 0.381. The maximum atomic E-state index is 13.9. The number of halogens is 11. The van der Waals surface area contributed by atoms with Crippen molar-refractivity contribution >= 4 is 0 Å². The summed E-state index contributed by atoms with van der Waals surface area (Å²) in [6.07, 6.45) is -17.3. The fourth-order valence-electron chi connectivity index (χ4n) is 2.75. The van der Waals surface area contributed by atoms with Gasteiger partial charge in [-0.05, 0) is 36.2 Å². The average Bonchev–Trinajstić information content (AvgIpc) is 2.63. The van der Waals surface area contributed by atoms with Gasteiger partial charge in [0.25, 0.3) is 0 Å². The Morgan fingerprint density at radius 2 is 1.19 bits per heavy atom. The van der Waals surface area contributed by atoms with Crippen LogP contribution < -0.4 is 5.32 Å². The second-order valence-electron chi connectivity index (χ2n) is 6.59. The monoisotopic (exact) mass is 465 g/mol. The van der Waals surface area contributed by atoms with E-state index in [-0.39, 0.29) is 30.6 Å². The van der Waals surface area contributed by atoms with Gasteiger partial charge in [-0.2, -0.15) is 39.5 Å². The van der Waals surface area contributed by atoms with Gasteiger partial charge in [0.1, 0.15) is 5.82 Å². The summed E-state index contributed by atoms with van der Waals surface area (Å²) in [4.78, 5) is 0. The molecule has 1 N–H and O–H groups in total. The molecule has 0 aromatic heterocycles. The van der Waals surface area contributed by atoms with Crippen molar-refractivity contribution in [2.45, 2.75) is 37.2 Å². The molecule has 12 heteroatoms. The van der Waals surface area contributed by atoms with Crippen LogP contribution in [0.25, 0.3) is 0 Å². The van der Waals surface area contributed by atoms with Gasteiger partial charge in [-0.25, -0.2) is 8.78 Å². The van der Waals surface area contributed by atoms with E-state index in [1.54, 1.807) is 0 Å². The van der Waals surface area contributed by atoms with Crippen molar-refractivity contribution in [2.75, 3.05) is 6.54 Å². The molecule has 0 amide bonds. The van der Waals surface area contributed by atoms with E-state index in [4.69, 9.17) is 0 Å². The highest BCUT2D eigenvalue weighted by Crippen LogP contribution is 2.53. The van der Waals surface area contributed by atoms with Crippen molar-refractivity contribution in [2.24, 2.45) is 0 Å². The number of benzene rings is 2. The van der Waals surface area contributed by atoms with Crippen LogP contribution in [-0.2, 0) is 24.8 Å². The van der Waals surface area contributed by atoms with E-state index >= 15 is 0 Å². The molecule has 0 saturated heterocycles. The summed E-state index contributed by atoms with van der Waals surface area (Å²) in [5.41, 5.74) is -8.20. The Morgan fingerprint density at radius 3 is 1.68 bits per heavy atom. The van der Waals surface area contributed by atoms with Crippen molar-refractivity contribution in [1.82, 2.24) is 5.32 Å². The Balaban J connectivity index is 2.01. The van der Waals surface area contributed by atoms with Gasteiger partial charge in [0, 0.05) is 12.1 Å². The molecule has 0 saturated carbocycles. The maximum absolute atomic E-state index is 13.9. The second kappa shape index (κ2) is 8.64. The van der Waals surface area contributed by atoms with Crippen molar-refractivity contribution in [3.8, 4) is 0 Å². The Morgan fingerprint density at radius 1 is 0.677 bits per heavy atom. The first kappa shape index (κ1) is 24.9. The van der Waals surface area contributed by atoms with Crippen LogP contribution in [0.15, 0.2) is 42.5 Å². The molecule has 0 aliphatic heterocycles. The lowest BCUT2D eigenvalue weighted by molar-refractivity contribution is -0.348. The summed E-state index contributed by atoms with van der Waals surface area (Å²) >= 11 is 0. The lowest BCUT2D eigenvalue weighted by atomic mass is 9.93. The highest BCUT2D eigenvalue weighted by atomic mass is 19.4. The van der Waals surface area contributed by atoms with Gasteiger partial charge in [0.05, 0.1) is 5.56 Å². The maximum Gasteiger partial charge on any atom is 0.435 e. The molecule has 0 aliphatic rings. The van der Waals surface area contributed by atoms with Crippen LogP contribution in [0.5, 0.6) is 0 Å². The molecular formula is C19H14F11N. The SMILES string of the molecule is Fc1ccc(CCNCc2ccc(C(F)(C(F)(F)F)C(F)(F)F)cc2)cc1C(F)(F)F. The number of rotatable bonds is 6. The number of hydrogen-bond donors (Lipinski definition) is 1. The van der Waals surface area contributed by atoms with E-state index in [0.717, 1.165) is 18.2 Å². The molecule has 0 unspecified atom stereocenters. The van der Waals surface area contributed by atoms with Gasteiger partial charge in [0.2, 0.25) is 0 Å². The molecule has 1 nitrogen and oxygen atoms in total. The van der Waals surface area contributed by atoms with Gasteiger partial charge < -0.3 is 5.32 Å². The summed E-state index contributed by atoms with van der Waals surface area (Å²) in [7, 11) is 0. The molecule has 0 aliphatic carbocycles. The summed E-state index contributed by atoms with van der Waals surface area (Å²) in [6, 6.07) is 4.93. The van der Waals surface area contributed by atoms with Gasteiger partial charge in [0.15, 0.2) is 0 Å². The number of alkyl halides is 10. The van der Waals surface area contributed by atoms with Crippen molar-refractivity contribution in [1.29, 1.82) is 0 Å². The van der Waals surface area contributed by atoms with Crippen molar-refractivity contribution in [3.63, 3.8) is 0 Å². The van der Waals surface area contributed by atoms with Crippen LogP contribution in [-0.4, -0.2) is 18.9 Å². The van der Waals surface area contributed by atoms with Crippen molar-refractivity contribution in [3.05, 3.63) is 70.5 Å². The van der Waals surface area contributed by atoms with Crippen LogP contribution in [0, 0.1) is 5.82 Å². The molecule has 31 heavy (non-hydrogen) atoms. The standard InChI is InChI=1S/C19H14F11N/c20-15-6-3-11(9-14(15)17(22,23)24)7-8-31-10-12-1-4-13(5-2-12)16(21,18(25,26)27)19(28,29)30/h1-6,9,31H,7-8,10H2. The van der Waals surface area contributed by atoms with E-state index in [9.17, 15) is 48.3 Å². The Hall–Kier alpha value is -2.37. The van der Waals surface area contributed by atoms with Gasteiger partial charge in [-0.15, -0.1) is 0 Å². The topological polar surface area (TPSA) is 12.0 Å². The second-order valence-corrected chi connectivity index (χ2v) is 6.59. The third-order valence-electron chi connectivity index (χ3n) is 4.39. The minimum atomic E-state index is -6.21. The van der Waals surface area contributed by atoms with Crippen LogP contribution in [0.4, 0.5) is 48.3 Å². The molecule has 0 heterocycles. The highest BCUT2D eigenvalue weighted by Gasteiger charge is 2.73. The van der Waals surface area contributed by atoms with Crippen molar-refractivity contribution < 1.29 is 48.3 Å². The third-order valence-corrected chi connectivity index (χ3v) is 4.39. The summed E-state index contributed by atoms with van der Waals surface area (Å²) in [5.74, 6) is -1.43. The summed E-state index contributed by atoms with van der Waals surface area (Å²) < 4.78 is 142. The smallest absolute Gasteiger partial charge is 0.312 e. The Labute approximate surface area is 168 Å².